The maximum atomic E-state index is 14.0. The Bertz CT molecular complexity index is 531. The van der Waals surface area contributed by atoms with E-state index in [2.05, 4.69) is 0 Å². The summed E-state index contributed by atoms with van der Waals surface area (Å²) in [5.74, 6) is -1.42. The van der Waals surface area contributed by atoms with Crippen LogP contribution in [0.2, 0.25) is 0 Å². The summed E-state index contributed by atoms with van der Waals surface area (Å²) in [6, 6.07) is 3.96. The lowest BCUT2D eigenvalue weighted by Crippen LogP contribution is -2.31. The van der Waals surface area contributed by atoms with Crippen molar-refractivity contribution in [3.63, 3.8) is 0 Å². The standard InChI is InChI=1S/C13H15FN2O4/c14-13-10(2-1-3-11(13)16(19)20)7-15(8-12(17)18)6-9-4-5-9/h1-3,9H,4-8H2,(H,17,18). The summed E-state index contributed by atoms with van der Waals surface area (Å²) in [4.78, 5) is 22.3. The topological polar surface area (TPSA) is 83.7 Å². The number of carboxylic acid groups (broad SMARTS) is 1. The first-order chi connectivity index (χ1) is 9.47. The van der Waals surface area contributed by atoms with E-state index in [1.165, 1.54) is 12.1 Å². The van der Waals surface area contributed by atoms with Gasteiger partial charge in [0.2, 0.25) is 5.82 Å². The van der Waals surface area contributed by atoms with Gasteiger partial charge in [0.1, 0.15) is 0 Å². The first-order valence-corrected chi connectivity index (χ1v) is 6.33. The van der Waals surface area contributed by atoms with Gasteiger partial charge in [-0.05, 0) is 18.8 Å². The third kappa shape index (κ3) is 3.74. The number of aliphatic carboxylic acids is 1. The Morgan fingerprint density at radius 3 is 2.75 bits per heavy atom. The molecule has 1 saturated carbocycles. The molecule has 0 saturated heterocycles. The van der Waals surface area contributed by atoms with Gasteiger partial charge in [-0.1, -0.05) is 12.1 Å². The highest BCUT2D eigenvalue weighted by atomic mass is 19.1. The summed E-state index contributed by atoms with van der Waals surface area (Å²) in [6.45, 7) is 0.448. The van der Waals surface area contributed by atoms with Gasteiger partial charge in [0.05, 0.1) is 11.5 Å². The van der Waals surface area contributed by atoms with Crippen LogP contribution in [0.5, 0.6) is 0 Å². The van der Waals surface area contributed by atoms with Crippen LogP contribution in [0.15, 0.2) is 18.2 Å². The van der Waals surface area contributed by atoms with Crippen molar-refractivity contribution in [3.8, 4) is 0 Å². The average Bonchev–Trinajstić information content (AvgIpc) is 3.14. The van der Waals surface area contributed by atoms with Crippen molar-refractivity contribution >= 4 is 11.7 Å². The van der Waals surface area contributed by atoms with E-state index in [4.69, 9.17) is 5.11 Å². The molecule has 1 aliphatic rings. The van der Waals surface area contributed by atoms with Crippen LogP contribution in [0.4, 0.5) is 10.1 Å². The van der Waals surface area contributed by atoms with Gasteiger partial charge < -0.3 is 5.11 Å². The first kappa shape index (κ1) is 14.4. The Balaban J connectivity index is 2.14. The number of hydrogen-bond acceptors (Lipinski definition) is 4. The van der Waals surface area contributed by atoms with Gasteiger partial charge >= 0.3 is 11.7 Å². The van der Waals surface area contributed by atoms with Crippen molar-refractivity contribution in [1.29, 1.82) is 0 Å². The number of halogens is 1. The Morgan fingerprint density at radius 1 is 1.50 bits per heavy atom. The van der Waals surface area contributed by atoms with Gasteiger partial charge in [-0.2, -0.15) is 4.39 Å². The second-order valence-electron chi connectivity index (χ2n) is 5.01. The van der Waals surface area contributed by atoms with E-state index in [0.29, 0.717) is 12.5 Å². The van der Waals surface area contributed by atoms with E-state index < -0.39 is 22.4 Å². The molecule has 0 radical (unpaired) electrons. The molecule has 1 aromatic rings. The molecule has 20 heavy (non-hydrogen) atoms. The predicted octanol–water partition coefficient (Wildman–Crippen LogP) is 2.03. The lowest BCUT2D eigenvalue weighted by Gasteiger charge is -2.20. The zero-order chi connectivity index (χ0) is 14.7. The van der Waals surface area contributed by atoms with Crippen LogP contribution < -0.4 is 0 Å². The molecular weight excluding hydrogens is 267 g/mol. The molecule has 0 amide bonds. The number of rotatable bonds is 7. The van der Waals surface area contributed by atoms with E-state index in [1.807, 2.05) is 0 Å². The lowest BCUT2D eigenvalue weighted by molar-refractivity contribution is -0.387. The molecule has 108 valence electrons. The number of carbonyl (C=O) groups is 1. The second kappa shape index (κ2) is 5.96. The summed E-state index contributed by atoms with van der Waals surface area (Å²) >= 11 is 0. The van der Waals surface area contributed by atoms with E-state index in [9.17, 15) is 19.3 Å². The van der Waals surface area contributed by atoms with Crippen LogP contribution in [0.1, 0.15) is 18.4 Å². The van der Waals surface area contributed by atoms with Gasteiger partial charge in [0, 0.05) is 24.7 Å². The Morgan fingerprint density at radius 2 is 2.20 bits per heavy atom. The maximum absolute atomic E-state index is 14.0. The summed E-state index contributed by atoms with van der Waals surface area (Å²) in [6.07, 6.45) is 2.10. The van der Waals surface area contributed by atoms with Crippen LogP contribution in [-0.4, -0.2) is 34.0 Å². The number of nitrogens with zero attached hydrogens (tertiary/aromatic N) is 2. The zero-order valence-corrected chi connectivity index (χ0v) is 10.8. The zero-order valence-electron chi connectivity index (χ0n) is 10.8. The average molecular weight is 282 g/mol. The van der Waals surface area contributed by atoms with Crippen LogP contribution >= 0.6 is 0 Å². The van der Waals surface area contributed by atoms with Crippen LogP contribution in [0.3, 0.4) is 0 Å². The number of carboxylic acids is 1. The molecule has 1 aromatic carbocycles. The maximum Gasteiger partial charge on any atom is 0.317 e. The molecule has 0 aliphatic heterocycles. The van der Waals surface area contributed by atoms with Crippen LogP contribution in [0, 0.1) is 21.8 Å². The summed E-state index contributed by atoms with van der Waals surface area (Å²) in [5.41, 5.74) is -0.426. The van der Waals surface area contributed by atoms with E-state index in [1.54, 1.807) is 4.90 Å². The lowest BCUT2D eigenvalue weighted by atomic mass is 10.1. The van der Waals surface area contributed by atoms with Crippen LogP contribution in [0.25, 0.3) is 0 Å². The molecular formula is C13H15FN2O4. The fourth-order valence-electron chi connectivity index (χ4n) is 2.11. The van der Waals surface area contributed by atoms with Crippen molar-refractivity contribution in [3.05, 3.63) is 39.7 Å². The highest BCUT2D eigenvalue weighted by Gasteiger charge is 2.26. The summed E-state index contributed by atoms with van der Waals surface area (Å²) in [5, 5.41) is 19.5. The Labute approximate surface area is 115 Å². The van der Waals surface area contributed by atoms with Gasteiger partial charge in [0.15, 0.2) is 0 Å². The van der Waals surface area contributed by atoms with E-state index in [0.717, 1.165) is 18.9 Å². The largest absolute Gasteiger partial charge is 0.480 e. The quantitative estimate of drug-likeness (QED) is 0.611. The molecule has 1 fully saturated rings. The highest BCUT2D eigenvalue weighted by molar-refractivity contribution is 5.69. The molecule has 1 N–H and O–H groups in total. The number of benzene rings is 1. The molecule has 0 aromatic heterocycles. The van der Waals surface area contributed by atoms with E-state index in [-0.39, 0.29) is 18.7 Å². The minimum Gasteiger partial charge on any atom is -0.480 e. The fourth-order valence-corrected chi connectivity index (χ4v) is 2.11. The third-order valence-electron chi connectivity index (χ3n) is 3.22. The van der Waals surface area contributed by atoms with Crippen molar-refractivity contribution in [1.82, 2.24) is 4.90 Å². The predicted molar refractivity (Wildman–Crippen MR) is 68.7 cm³/mol. The van der Waals surface area contributed by atoms with E-state index >= 15 is 0 Å². The molecule has 1 aliphatic carbocycles. The van der Waals surface area contributed by atoms with Gasteiger partial charge in [-0.3, -0.25) is 19.8 Å². The Hall–Kier alpha value is -2.02. The van der Waals surface area contributed by atoms with Gasteiger partial charge in [0.25, 0.3) is 0 Å². The fraction of sp³-hybridized carbons (Fsp3) is 0.462. The highest BCUT2D eigenvalue weighted by Crippen LogP contribution is 2.30. The monoisotopic (exact) mass is 282 g/mol. The number of hydrogen-bond donors (Lipinski definition) is 1. The van der Waals surface area contributed by atoms with Crippen molar-refractivity contribution in [2.45, 2.75) is 19.4 Å². The van der Waals surface area contributed by atoms with Gasteiger partial charge in [-0.15, -0.1) is 0 Å². The van der Waals surface area contributed by atoms with Crippen molar-refractivity contribution < 1.29 is 19.2 Å². The second-order valence-corrected chi connectivity index (χ2v) is 5.01. The minimum absolute atomic E-state index is 0.0658. The van der Waals surface area contributed by atoms with Gasteiger partial charge in [-0.25, -0.2) is 0 Å². The molecule has 2 rings (SSSR count). The molecule has 0 bridgehead atoms. The normalized spacial score (nSPS) is 14.5. The summed E-state index contributed by atoms with van der Waals surface area (Å²) in [7, 11) is 0. The molecule has 6 nitrogen and oxygen atoms in total. The first-order valence-electron chi connectivity index (χ1n) is 6.33. The molecule has 7 heteroatoms. The molecule has 0 unspecified atom stereocenters. The Kier molecular flexibility index (Phi) is 4.29. The number of nitro benzene ring substituents is 1. The van der Waals surface area contributed by atoms with Crippen LogP contribution in [-0.2, 0) is 11.3 Å². The molecule has 0 spiro atoms. The smallest absolute Gasteiger partial charge is 0.317 e. The molecule has 0 heterocycles. The van der Waals surface area contributed by atoms with Crippen molar-refractivity contribution in [2.75, 3.05) is 13.1 Å². The minimum atomic E-state index is -0.989. The SMILES string of the molecule is O=C(O)CN(Cc1cccc([N+](=O)[O-])c1F)CC1CC1. The summed E-state index contributed by atoms with van der Waals surface area (Å²) < 4.78 is 14.0. The third-order valence-corrected chi connectivity index (χ3v) is 3.22. The number of nitro groups is 1. The molecule has 0 atom stereocenters. The van der Waals surface area contributed by atoms with Crippen molar-refractivity contribution in [2.24, 2.45) is 5.92 Å².